The SMILES string of the molecule is COc1ccc(CCn2c(-c3cccs3)nc3sc4ccccc4c(=O)c3c2=O)cc1. The number of fused-ring (bicyclic) bond motifs is 2. The third kappa shape index (κ3) is 3.56. The van der Waals surface area contributed by atoms with Gasteiger partial charge in [0, 0.05) is 16.6 Å². The van der Waals surface area contributed by atoms with Crippen molar-refractivity contribution >= 4 is 43.0 Å². The number of thiophene rings is 1. The molecule has 0 aliphatic heterocycles. The molecular formula is C24H18N2O3S2. The van der Waals surface area contributed by atoms with E-state index in [4.69, 9.17) is 9.72 Å². The van der Waals surface area contributed by atoms with Crippen molar-refractivity contribution in [3.8, 4) is 16.5 Å². The van der Waals surface area contributed by atoms with E-state index in [0.29, 0.717) is 29.0 Å². The summed E-state index contributed by atoms with van der Waals surface area (Å²) in [5, 5.41) is 2.69. The Morgan fingerprint density at radius 1 is 1.00 bits per heavy atom. The summed E-state index contributed by atoms with van der Waals surface area (Å²) in [5.74, 6) is 1.39. The molecule has 0 atom stereocenters. The van der Waals surface area contributed by atoms with Crippen molar-refractivity contribution < 1.29 is 4.74 Å². The normalized spacial score (nSPS) is 11.3. The van der Waals surface area contributed by atoms with Crippen molar-refractivity contribution in [2.24, 2.45) is 0 Å². The highest BCUT2D eigenvalue weighted by atomic mass is 32.1. The van der Waals surface area contributed by atoms with Gasteiger partial charge in [-0.25, -0.2) is 4.98 Å². The van der Waals surface area contributed by atoms with Crippen LogP contribution >= 0.6 is 22.7 Å². The van der Waals surface area contributed by atoms with Crippen LogP contribution in [0.4, 0.5) is 0 Å². The average molecular weight is 447 g/mol. The molecule has 0 saturated carbocycles. The molecule has 0 aliphatic rings. The molecule has 0 spiro atoms. The molecule has 0 unspecified atom stereocenters. The van der Waals surface area contributed by atoms with E-state index in [0.717, 1.165) is 20.9 Å². The minimum Gasteiger partial charge on any atom is -0.497 e. The van der Waals surface area contributed by atoms with Crippen LogP contribution in [0.5, 0.6) is 5.75 Å². The number of aryl methyl sites for hydroxylation is 1. The van der Waals surface area contributed by atoms with E-state index in [1.807, 2.05) is 60.0 Å². The van der Waals surface area contributed by atoms with Gasteiger partial charge < -0.3 is 4.74 Å². The molecule has 5 nitrogen and oxygen atoms in total. The van der Waals surface area contributed by atoms with Crippen LogP contribution in [-0.2, 0) is 13.0 Å². The predicted octanol–water partition coefficient (Wildman–Crippen LogP) is 4.95. The summed E-state index contributed by atoms with van der Waals surface area (Å²) in [7, 11) is 1.63. The van der Waals surface area contributed by atoms with Crippen molar-refractivity contribution in [1.82, 2.24) is 9.55 Å². The molecule has 0 radical (unpaired) electrons. The van der Waals surface area contributed by atoms with Crippen LogP contribution in [0.15, 0.2) is 75.6 Å². The molecule has 2 aromatic carbocycles. The van der Waals surface area contributed by atoms with Gasteiger partial charge in [0.15, 0.2) is 5.82 Å². The van der Waals surface area contributed by atoms with Crippen LogP contribution < -0.4 is 15.7 Å². The van der Waals surface area contributed by atoms with Crippen LogP contribution in [0.3, 0.4) is 0 Å². The Bertz CT molecular complexity index is 1500. The summed E-state index contributed by atoms with van der Waals surface area (Å²) in [4.78, 5) is 32.9. The van der Waals surface area contributed by atoms with Crippen molar-refractivity contribution in [2.75, 3.05) is 7.11 Å². The van der Waals surface area contributed by atoms with Crippen LogP contribution in [-0.4, -0.2) is 16.7 Å². The maximum Gasteiger partial charge on any atom is 0.266 e. The Labute approximate surface area is 185 Å². The molecule has 0 bridgehead atoms. The number of nitrogens with zero attached hydrogens (tertiary/aromatic N) is 2. The van der Waals surface area contributed by atoms with Gasteiger partial charge in [0.05, 0.1) is 12.0 Å². The van der Waals surface area contributed by atoms with E-state index in [2.05, 4.69) is 0 Å². The fourth-order valence-corrected chi connectivity index (χ4v) is 5.38. The molecule has 0 amide bonds. The molecule has 3 heterocycles. The average Bonchev–Trinajstić information content (AvgIpc) is 3.33. The molecule has 154 valence electrons. The molecule has 5 rings (SSSR count). The highest BCUT2D eigenvalue weighted by Crippen LogP contribution is 2.27. The zero-order chi connectivity index (χ0) is 21.4. The van der Waals surface area contributed by atoms with Crippen molar-refractivity contribution in [3.63, 3.8) is 0 Å². The van der Waals surface area contributed by atoms with Gasteiger partial charge in [-0.3, -0.25) is 14.2 Å². The van der Waals surface area contributed by atoms with Crippen molar-refractivity contribution in [1.29, 1.82) is 0 Å². The van der Waals surface area contributed by atoms with E-state index in [1.54, 1.807) is 17.7 Å². The number of aromatic nitrogens is 2. The first-order valence-electron chi connectivity index (χ1n) is 9.79. The molecule has 0 saturated heterocycles. The van der Waals surface area contributed by atoms with Gasteiger partial charge in [-0.1, -0.05) is 30.3 Å². The van der Waals surface area contributed by atoms with E-state index >= 15 is 0 Å². The summed E-state index contributed by atoms with van der Waals surface area (Å²) < 4.78 is 7.69. The smallest absolute Gasteiger partial charge is 0.266 e. The predicted molar refractivity (Wildman–Crippen MR) is 128 cm³/mol. The van der Waals surface area contributed by atoms with Gasteiger partial charge in [0.2, 0.25) is 5.43 Å². The van der Waals surface area contributed by atoms with Crippen molar-refractivity contribution in [2.45, 2.75) is 13.0 Å². The molecule has 3 aromatic heterocycles. The Morgan fingerprint density at radius 3 is 2.55 bits per heavy atom. The fourth-order valence-electron chi connectivity index (χ4n) is 3.62. The van der Waals surface area contributed by atoms with Crippen LogP contribution in [0.2, 0.25) is 0 Å². The second-order valence-electron chi connectivity index (χ2n) is 7.08. The Balaban J connectivity index is 1.69. The molecular weight excluding hydrogens is 428 g/mol. The minimum atomic E-state index is -0.283. The number of hydrogen-bond donors (Lipinski definition) is 0. The summed E-state index contributed by atoms with van der Waals surface area (Å²) in [6.07, 6.45) is 0.640. The molecule has 0 N–H and O–H groups in total. The Hall–Kier alpha value is -3.29. The summed E-state index contributed by atoms with van der Waals surface area (Å²) in [5.41, 5.74) is 0.542. The number of hydrogen-bond acceptors (Lipinski definition) is 6. The van der Waals surface area contributed by atoms with Gasteiger partial charge in [-0.2, -0.15) is 0 Å². The van der Waals surface area contributed by atoms with Gasteiger partial charge in [0.25, 0.3) is 5.56 Å². The number of rotatable bonds is 5. The van der Waals surface area contributed by atoms with Crippen LogP contribution in [0, 0.1) is 0 Å². The summed E-state index contributed by atoms with van der Waals surface area (Å²) >= 11 is 2.91. The monoisotopic (exact) mass is 446 g/mol. The third-order valence-corrected chi connectivity index (χ3v) is 7.16. The van der Waals surface area contributed by atoms with Gasteiger partial charge in [-0.15, -0.1) is 22.7 Å². The second-order valence-corrected chi connectivity index (χ2v) is 9.05. The Morgan fingerprint density at radius 2 is 1.81 bits per heavy atom. The first-order chi connectivity index (χ1) is 15.2. The van der Waals surface area contributed by atoms with E-state index in [1.165, 1.54) is 22.7 Å². The third-order valence-electron chi connectivity index (χ3n) is 5.23. The van der Waals surface area contributed by atoms with E-state index < -0.39 is 0 Å². The van der Waals surface area contributed by atoms with Crippen molar-refractivity contribution in [3.05, 3.63) is 92.2 Å². The molecule has 5 aromatic rings. The highest BCUT2D eigenvalue weighted by Gasteiger charge is 2.18. The number of ether oxygens (including phenoxy) is 1. The maximum atomic E-state index is 13.5. The van der Waals surface area contributed by atoms with Gasteiger partial charge in [0.1, 0.15) is 16.0 Å². The molecule has 0 fully saturated rings. The highest BCUT2D eigenvalue weighted by molar-refractivity contribution is 7.24. The van der Waals surface area contributed by atoms with Crippen LogP contribution in [0.25, 0.3) is 31.0 Å². The van der Waals surface area contributed by atoms with E-state index in [-0.39, 0.29) is 16.4 Å². The topological polar surface area (TPSA) is 61.2 Å². The summed E-state index contributed by atoms with van der Waals surface area (Å²) in [6, 6.07) is 19.0. The van der Waals surface area contributed by atoms with Gasteiger partial charge >= 0.3 is 0 Å². The maximum absolute atomic E-state index is 13.5. The standard InChI is InChI=1S/C24H18N2O3S2/c1-29-16-10-8-15(9-11-16)12-13-26-22(19-7-4-14-30-19)25-23-20(24(26)28)21(27)17-5-2-3-6-18(17)31-23/h2-11,14H,12-13H2,1H3. The molecule has 7 heteroatoms. The lowest BCUT2D eigenvalue weighted by Crippen LogP contribution is -2.27. The first-order valence-corrected chi connectivity index (χ1v) is 11.5. The minimum absolute atomic E-state index is 0.165. The Kier molecular flexibility index (Phi) is 5.13. The van der Waals surface area contributed by atoms with E-state index in [9.17, 15) is 9.59 Å². The van der Waals surface area contributed by atoms with Crippen LogP contribution in [0.1, 0.15) is 5.56 Å². The number of benzene rings is 2. The zero-order valence-electron chi connectivity index (χ0n) is 16.7. The number of methoxy groups -OCH3 is 1. The fraction of sp³-hybridized carbons (Fsp3) is 0.125. The molecule has 31 heavy (non-hydrogen) atoms. The largest absolute Gasteiger partial charge is 0.497 e. The van der Waals surface area contributed by atoms with Gasteiger partial charge in [-0.05, 0) is 47.7 Å². The summed E-state index contributed by atoms with van der Waals surface area (Å²) in [6.45, 7) is 0.429. The quantitative estimate of drug-likeness (QED) is 0.358. The second kappa shape index (κ2) is 8.09. The lowest BCUT2D eigenvalue weighted by atomic mass is 10.1. The zero-order valence-corrected chi connectivity index (χ0v) is 18.3. The lowest BCUT2D eigenvalue weighted by molar-refractivity contribution is 0.414. The molecule has 0 aliphatic carbocycles. The lowest BCUT2D eigenvalue weighted by Gasteiger charge is -2.13. The first kappa shape index (κ1) is 19.7.